The molecule has 0 atom stereocenters. The molecule has 19 heavy (non-hydrogen) atoms. The van der Waals surface area contributed by atoms with Crippen LogP contribution in [0.25, 0.3) is 0 Å². The van der Waals surface area contributed by atoms with Crippen molar-refractivity contribution in [1.29, 1.82) is 0 Å². The lowest BCUT2D eigenvalue weighted by Gasteiger charge is -2.22. The Hall–Kier alpha value is -1.23. The molecule has 0 aromatic heterocycles. The van der Waals surface area contributed by atoms with Crippen molar-refractivity contribution in [2.75, 3.05) is 10.5 Å². The van der Waals surface area contributed by atoms with Gasteiger partial charge in [-0.1, -0.05) is 25.3 Å². The largest absolute Gasteiger partial charge is 0.508 e. The third-order valence-corrected chi connectivity index (χ3v) is 5.19. The van der Waals surface area contributed by atoms with Gasteiger partial charge in [-0.2, -0.15) is 0 Å². The summed E-state index contributed by atoms with van der Waals surface area (Å²) >= 11 is 0. The molecule has 5 heteroatoms. The number of anilines is 1. The molecule has 4 nitrogen and oxygen atoms in total. The molecule has 0 amide bonds. The van der Waals surface area contributed by atoms with Crippen LogP contribution < -0.4 is 4.72 Å². The molecule has 1 aromatic carbocycles. The molecule has 1 fully saturated rings. The molecule has 1 aromatic rings. The summed E-state index contributed by atoms with van der Waals surface area (Å²) in [7, 11) is -3.33. The fourth-order valence-corrected chi connectivity index (χ4v) is 4.20. The Bertz CT molecular complexity index is 534. The highest BCUT2D eigenvalue weighted by Crippen LogP contribution is 2.28. The summed E-state index contributed by atoms with van der Waals surface area (Å²) in [5.74, 6) is 0.559. The summed E-state index contributed by atoms with van der Waals surface area (Å²) in [4.78, 5) is 0. The minimum absolute atomic E-state index is 0.109. The zero-order valence-electron chi connectivity index (χ0n) is 11.2. The predicted molar refractivity (Wildman–Crippen MR) is 76.8 cm³/mol. The second-order valence-electron chi connectivity index (χ2n) is 5.34. The molecule has 106 valence electrons. The third-order valence-electron chi connectivity index (χ3n) is 3.75. The quantitative estimate of drug-likeness (QED) is 0.892. The van der Waals surface area contributed by atoms with Gasteiger partial charge in [0.2, 0.25) is 10.0 Å². The van der Waals surface area contributed by atoms with Gasteiger partial charge in [0.1, 0.15) is 5.75 Å². The van der Waals surface area contributed by atoms with Crippen molar-refractivity contribution in [1.82, 2.24) is 0 Å². The lowest BCUT2D eigenvalue weighted by Crippen LogP contribution is -2.24. The van der Waals surface area contributed by atoms with E-state index in [0.29, 0.717) is 11.3 Å². The molecule has 0 spiro atoms. The van der Waals surface area contributed by atoms with Gasteiger partial charge in [0, 0.05) is 5.56 Å². The molecule has 1 aliphatic carbocycles. The van der Waals surface area contributed by atoms with E-state index in [0.717, 1.165) is 25.7 Å². The van der Waals surface area contributed by atoms with Crippen molar-refractivity contribution in [3.8, 4) is 5.75 Å². The Kier molecular flexibility index (Phi) is 4.34. The second kappa shape index (κ2) is 5.82. The standard InChI is InChI=1S/C14H21NO3S/c1-11-13(8-5-9-14(11)16)15-19(17,18)10-12-6-3-2-4-7-12/h5,8-9,12,15-16H,2-4,6-7,10H2,1H3. The van der Waals surface area contributed by atoms with Crippen LogP contribution in [0.2, 0.25) is 0 Å². The van der Waals surface area contributed by atoms with Crippen LogP contribution in [-0.4, -0.2) is 19.3 Å². The van der Waals surface area contributed by atoms with Crippen molar-refractivity contribution in [2.24, 2.45) is 5.92 Å². The van der Waals surface area contributed by atoms with Crippen LogP contribution in [0.4, 0.5) is 5.69 Å². The molecular formula is C14H21NO3S. The SMILES string of the molecule is Cc1c(O)cccc1NS(=O)(=O)CC1CCCCC1. The van der Waals surface area contributed by atoms with Crippen molar-refractivity contribution in [2.45, 2.75) is 39.0 Å². The van der Waals surface area contributed by atoms with E-state index < -0.39 is 10.0 Å². The zero-order chi connectivity index (χ0) is 13.9. The number of nitrogens with one attached hydrogen (secondary N) is 1. The normalized spacial score (nSPS) is 17.3. The summed E-state index contributed by atoms with van der Waals surface area (Å²) in [6, 6.07) is 4.86. The van der Waals surface area contributed by atoms with E-state index in [4.69, 9.17) is 0 Å². The van der Waals surface area contributed by atoms with Crippen molar-refractivity contribution >= 4 is 15.7 Å². The Morgan fingerprint density at radius 3 is 2.63 bits per heavy atom. The van der Waals surface area contributed by atoms with Crippen LogP contribution in [0, 0.1) is 12.8 Å². The highest BCUT2D eigenvalue weighted by atomic mass is 32.2. The molecule has 0 radical (unpaired) electrons. The van der Waals surface area contributed by atoms with Gasteiger partial charge in [-0.25, -0.2) is 8.42 Å². The second-order valence-corrected chi connectivity index (χ2v) is 7.10. The zero-order valence-corrected chi connectivity index (χ0v) is 12.0. The van der Waals surface area contributed by atoms with Crippen LogP contribution in [0.5, 0.6) is 5.75 Å². The van der Waals surface area contributed by atoms with Gasteiger partial charge < -0.3 is 5.11 Å². The van der Waals surface area contributed by atoms with E-state index in [1.54, 1.807) is 25.1 Å². The van der Waals surface area contributed by atoms with Crippen molar-refractivity contribution in [3.05, 3.63) is 23.8 Å². The maximum atomic E-state index is 12.1. The van der Waals surface area contributed by atoms with Crippen molar-refractivity contribution in [3.63, 3.8) is 0 Å². The summed E-state index contributed by atoms with van der Waals surface area (Å²) in [5, 5.41) is 9.58. The number of hydrogen-bond donors (Lipinski definition) is 2. The van der Waals surface area contributed by atoms with Gasteiger partial charge in [-0.15, -0.1) is 0 Å². The van der Waals surface area contributed by atoms with E-state index in [1.165, 1.54) is 6.42 Å². The topological polar surface area (TPSA) is 66.4 Å². The first-order valence-electron chi connectivity index (χ1n) is 6.77. The van der Waals surface area contributed by atoms with Gasteiger partial charge in [0.05, 0.1) is 11.4 Å². The average molecular weight is 283 g/mol. The molecule has 2 rings (SSSR count). The summed E-state index contributed by atoms with van der Waals surface area (Å²) in [6.07, 6.45) is 5.48. The Morgan fingerprint density at radius 2 is 1.95 bits per heavy atom. The van der Waals surface area contributed by atoms with Crippen LogP contribution in [0.15, 0.2) is 18.2 Å². The van der Waals surface area contributed by atoms with Crippen LogP contribution in [0.1, 0.15) is 37.7 Å². The summed E-state index contributed by atoms with van der Waals surface area (Å²) < 4.78 is 26.9. The minimum atomic E-state index is -3.33. The first kappa shape index (κ1) is 14.2. The fraction of sp³-hybridized carbons (Fsp3) is 0.571. The monoisotopic (exact) mass is 283 g/mol. The first-order chi connectivity index (χ1) is 8.98. The summed E-state index contributed by atoms with van der Waals surface area (Å²) in [6.45, 7) is 1.70. The highest BCUT2D eigenvalue weighted by Gasteiger charge is 2.21. The van der Waals surface area contributed by atoms with Gasteiger partial charge in [-0.3, -0.25) is 4.72 Å². The number of sulfonamides is 1. The first-order valence-corrected chi connectivity index (χ1v) is 8.42. The van der Waals surface area contributed by atoms with E-state index in [1.807, 2.05) is 0 Å². The molecule has 0 saturated heterocycles. The number of phenolic OH excluding ortho intramolecular Hbond substituents is 1. The maximum absolute atomic E-state index is 12.1. The predicted octanol–water partition coefficient (Wildman–Crippen LogP) is 3.02. The van der Waals surface area contributed by atoms with E-state index in [-0.39, 0.29) is 17.4 Å². The molecule has 1 aliphatic rings. The number of phenols is 1. The smallest absolute Gasteiger partial charge is 0.233 e. The van der Waals surface area contributed by atoms with E-state index in [9.17, 15) is 13.5 Å². The minimum Gasteiger partial charge on any atom is -0.508 e. The molecule has 0 heterocycles. The Morgan fingerprint density at radius 1 is 1.26 bits per heavy atom. The number of benzene rings is 1. The number of aromatic hydroxyl groups is 1. The Labute approximate surface area is 114 Å². The van der Waals surface area contributed by atoms with Gasteiger partial charge in [0.25, 0.3) is 0 Å². The molecule has 0 aliphatic heterocycles. The third kappa shape index (κ3) is 3.86. The fourth-order valence-electron chi connectivity index (χ4n) is 2.61. The lowest BCUT2D eigenvalue weighted by molar-refractivity contribution is 0.385. The lowest BCUT2D eigenvalue weighted by atomic mass is 9.91. The average Bonchev–Trinajstić information content (AvgIpc) is 2.35. The van der Waals surface area contributed by atoms with E-state index in [2.05, 4.69) is 4.72 Å². The molecule has 1 saturated carbocycles. The molecule has 2 N–H and O–H groups in total. The number of hydrogen-bond acceptors (Lipinski definition) is 3. The summed E-state index contributed by atoms with van der Waals surface area (Å²) in [5.41, 5.74) is 1.03. The molecule has 0 unspecified atom stereocenters. The van der Waals surface area contributed by atoms with Crippen LogP contribution in [-0.2, 0) is 10.0 Å². The van der Waals surface area contributed by atoms with Crippen LogP contribution in [0.3, 0.4) is 0 Å². The molecule has 0 bridgehead atoms. The van der Waals surface area contributed by atoms with Gasteiger partial charge in [-0.05, 0) is 37.8 Å². The van der Waals surface area contributed by atoms with Gasteiger partial charge >= 0.3 is 0 Å². The number of rotatable bonds is 4. The van der Waals surface area contributed by atoms with Gasteiger partial charge in [0.15, 0.2) is 0 Å². The maximum Gasteiger partial charge on any atom is 0.233 e. The highest BCUT2D eigenvalue weighted by molar-refractivity contribution is 7.92. The Balaban J connectivity index is 2.06. The van der Waals surface area contributed by atoms with E-state index >= 15 is 0 Å². The van der Waals surface area contributed by atoms with Crippen molar-refractivity contribution < 1.29 is 13.5 Å². The van der Waals surface area contributed by atoms with Crippen LogP contribution >= 0.6 is 0 Å². The molecular weight excluding hydrogens is 262 g/mol.